The van der Waals surface area contributed by atoms with Gasteiger partial charge in [-0.1, -0.05) is 47.6 Å². The van der Waals surface area contributed by atoms with Crippen molar-refractivity contribution in [3.63, 3.8) is 0 Å². The van der Waals surface area contributed by atoms with E-state index in [2.05, 4.69) is 17.3 Å². The molecule has 0 bridgehead atoms. The Balaban J connectivity index is 1.73. The van der Waals surface area contributed by atoms with Crippen molar-refractivity contribution >= 4 is 11.6 Å². The predicted molar refractivity (Wildman–Crippen MR) is 86.8 cm³/mol. The van der Waals surface area contributed by atoms with Crippen molar-refractivity contribution < 1.29 is 9.63 Å². The number of nitrogens with zero attached hydrogens (tertiary/aromatic N) is 2. The van der Waals surface area contributed by atoms with E-state index in [9.17, 15) is 4.79 Å². The fourth-order valence-electron chi connectivity index (χ4n) is 2.64. The first-order valence-corrected chi connectivity index (χ1v) is 7.31. The SMILES string of the molecule is CO/N=C1/CCN(C(=O)c2ccc(-c3ccccc3)cc2)C1. The Morgan fingerprint density at radius 3 is 2.41 bits per heavy atom. The molecule has 4 nitrogen and oxygen atoms in total. The van der Waals surface area contributed by atoms with Gasteiger partial charge in [-0.2, -0.15) is 0 Å². The van der Waals surface area contributed by atoms with Crippen molar-refractivity contribution in [1.29, 1.82) is 0 Å². The standard InChI is InChI=1S/C18H18N2O2/c1-22-19-17-11-12-20(13-17)18(21)16-9-7-15(8-10-16)14-5-3-2-4-6-14/h2-10H,11-13H2,1H3/b19-17-. The van der Waals surface area contributed by atoms with Crippen LogP contribution in [0.25, 0.3) is 11.1 Å². The van der Waals surface area contributed by atoms with Gasteiger partial charge in [-0.3, -0.25) is 4.79 Å². The second-order valence-electron chi connectivity index (χ2n) is 5.26. The minimum absolute atomic E-state index is 0.0425. The molecule has 1 aliphatic rings. The first-order chi connectivity index (χ1) is 10.8. The number of carbonyl (C=O) groups is 1. The largest absolute Gasteiger partial charge is 0.399 e. The smallest absolute Gasteiger partial charge is 0.254 e. The zero-order valence-electron chi connectivity index (χ0n) is 12.5. The van der Waals surface area contributed by atoms with E-state index in [1.165, 1.54) is 7.11 Å². The second-order valence-corrected chi connectivity index (χ2v) is 5.26. The highest BCUT2D eigenvalue weighted by atomic mass is 16.6. The molecular formula is C18H18N2O2. The van der Waals surface area contributed by atoms with Gasteiger partial charge in [0.2, 0.25) is 0 Å². The van der Waals surface area contributed by atoms with Gasteiger partial charge in [-0.25, -0.2) is 0 Å². The Kier molecular flexibility index (Phi) is 4.19. The maximum Gasteiger partial charge on any atom is 0.254 e. The zero-order chi connectivity index (χ0) is 15.4. The molecule has 3 rings (SSSR count). The number of hydrogen-bond acceptors (Lipinski definition) is 3. The van der Waals surface area contributed by atoms with Gasteiger partial charge in [0.05, 0.1) is 12.3 Å². The fourth-order valence-corrected chi connectivity index (χ4v) is 2.64. The van der Waals surface area contributed by atoms with Crippen molar-refractivity contribution in [1.82, 2.24) is 4.90 Å². The van der Waals surface area contributed by atoms with E-state index in [0.717, 1.165) is 23.3 Å². The molecule has 1 aliphatic heterocycles. The van der Waals surface area contributed by atoms with E-state index in [0.29, 0.717) is 18.7 Å². The lowest BCUT2D eigenvalue weighted by atomic mass is 10.0. The highest BCUT2D eigenvalue weighted by molar-refractivity contribution is 6.00. The first kappa shape index (κ1) is 14.3. The molecule has 0 spiro atoms. The minimum atomic E-state index is 0.0425. The number of benzene rings is 2. The molecule has 0 radical (unpaired) electrons. The highest BCUT2D eigenvalue weighted by Crippen LogP contribution is 2.20. The molecule has 1 fully saturated rings. The van der Waals surface area contributed by atoms with Crippen LogP contribution in [0.15, 0.2) is 59.8 Å². The van der Waals surface area contributed by atoms with Gasteiger partial charge >= 0.3 is 0 Å². The summed E-state index contributed by atoms with van der Waals surface area (Å²) in [6, 6.07) is 17.9. The number of hydrogen-bond donors (Lipinski definition) is 0. The molecule has 0 saturated carbocycles. The average molecular weight is 294 g/mol. The number of carbonyl (C=O) groups excluding carboxylic acids is 1. The normalized spacial score (nSPS) is 16.0. The van der Waals surface area contributed by atoms with Crippen LogP contribution in [0.3, 0.4) is 0 Å². The third kappa shape index (κ3) is 3.01. The number of amides is 1. The van der Waals surface area contributed by atoms with Crippen molar-refractivity contribution in [3.8, 4) is 11.1 Å². The molecular weight excluding hydrogens is 276 g/mol. The molecule has 2 aromatic rings. The molecule has 1 saturated heterocycles. The van der Waals surface area contributed by atoms with Gasteiger partial charge in [0, 0.05) is 18.5 Å². The van der Waals surface area contributed by atoms with E-state index in [1.807, 2.05) is 42.5 Å². The molecule has 1 amide bonds. The van der Waals surface area contributed by atoms with E-state index in [4.69, 9.17) is 4.84 Å². The molecule has 1 heterocycles. The summed E-state index contributed by atoms with van der Waals surface area (Å²) in [4.78, 5) is 19.0. The first-order valence-electron chi connectivity index (χ1n) is 7.31. The van der Waals surface area contributed by atoms with Gasteiger partial charge in [0.1, 0.15) is 7.11 Å². The van der Waals surface area contributed by atoms with Crippen molar-refractivity contribution in [3.05, 3.63) is 60.2 Å². The van der Waals surface area contributed by atoms with E-state index >= 15 is 0 Å². The predicted octanol–water partition coefficient (Wildman–Crippen LogP) is 3.20. The van der Waals surface area contributed by atoms with Crippen molar-refractivity contribution in [2.75, 3.05) is 20.2 Å². The Morgan fingerprint density at radius 1 is 1.05 bits per heavy atom. The van der Waals surface area contributed by atoms with Gasteiger partial charge in [0.15, 0.2) is 0 Å². The van der Waals surface area contributed by atoms with Crippen LogP contribution in [0.4, 0.5) is 0 Å². The monoisotopic (exact) mass is 294 g/mol. The van der Waals surface area contributed by atoms with Crippen LogP contribution in [0.5, 0.6) is 0 Å². The molecule has 0 aromatic heterocycles. The number of likely N-dealkylation sites (tertiary alicyclic amines) is 1. The van der Waals surface area contributed by atoms with Crippen LogP contribution in [-0.2, 0) is 4.84 Å². The molecule has 2 aromatic carbocycles. The summed E-state index contributed by atoms with van der Waals surface area (Å²) in [5.74, 6) is 0.0425. The Labute approximate surface area is 130 Å². The van der Waals surface area contributed by atoms with Crippen molar-refractivity contribution in [2.45, 2.75) is 6.42 Å². The van der Waals surface area contributed by atoms with Crippen LogP contribution < -0.4 is 0 Å². The molecule has 0 aliphatic carbocycles. The lowest BCUT2D eigenvalue weighted by Crippen LogP contribution is -2.28. The fraction of sp³-hybridized carbons (Fsp3) is 0.222. The third-order valence-corrected chi connectivity index (χ3v) is 3.79. The summed E-state index contributed by atoms with van der Waals surface area (Å²) < 4.78 is 0. The highest BCUT2D eigenvalue weighted by Gasteiger charge is 2.24. The third-order valence-electron chi connectivity index (χ3n) is 3.79. The molecule has 4 heteroatoms. The van der Waals surface area contributed by atoms with Gasteiger partial charge in [-0.15, -0.1) is 0 Å². The number of rotatable bonds is 3. The van der Waals surface area contributed by atoms with Gasteiger partial charge in [0.25, 0.3) is 5.91 Å². The lowest BCUT2D eigenvalue weighted by Gasteiger charge is -2.14. The molecule has 112 valence electrons. The van der Waals surface area contributed by atoms with E-state index in [-0.39, 0.29) is 5.91 Å². The summed E-state index contributed by atoms with van der Waals surface area (Å²) in [7, 11) is 1.53. The van der Waals surface area contributed by atoms with Gasteiger partial charge in [-0.05, 0) is 23.3 Å². The molecule has 0 N–H and O–H groups in total. The maximum absolute atomic E-state index is 12.5. The minimum Gasteiger partial charge on any atom is -0.399 e. The van der Waals surface area contributed by atoms with Crippen LogP contribution in [0.1, 0.15) is 16.8 Å². The maximum atomic E-state index is 12.5. The Hall–Kier alpha value is -2.62. The summed E-state index contributed by atoms with van der Waals surface area (Å²) in [6.07, 6.45) is 0.779. The van der Waals surface area contributed by atoms with Gasteiger partial charge < -0.3 is 9.74 Å². The summed E-state index contributed by atoms with van der Waals surface area (Å²) in [5.41, 5.74) is 3.88. The van der Waals surface area contributed by atoms with Crippen LogP contribution in [-0.4, -0.2) is 36.7 Å². The summed E-state index contributed by atoms with van der Waals surface area (Å²) in [6.45, 7) is 1.24. The molecule has 22 heavy (non-hydrogen) atoms. The molecule has 0 atom stereocenters. The Bertz CT molecular complexity index is 678. The van der Waals surface area contributed by atoms with E-state index in [1.54, 1.807) is 4.90 Å². The topological polar surface area (TPSA) is 41.9 Å². The number of oxime groups is 1. The Morgan fingerprint density at radius 2 is 1.73 bits per heavy atom. The quantitative estimate of drug-likeness (QED) is 0.816. The van der Waals surface area contributed by atoms with E-state index < -0.39 is 0 Å². The van der Waals surface area contributed by atoms with Crippen LogP contribution >= 0.6 is 0 Å². The van der Waals surface area contributed by atoms with Crippen molar-refractivity contribution in [2.24, 2.45) is 5.16 Å². The second kappa shape index (κ2) is 6.43. The molecule has 0 unspecified atom stereocenters. The average Bonchev–Trinajstić information content (AvgIpc) is 3.04. The summed E-state index contributed by atoms with van der Waals surface area (Å²) in [5, 5.41) is 3.93. The zero-order valence-corrected chi connectivity index (χ0v) is 12.5. The van der Waals surface area contributed by atoms with Crippen LogP contribution in [0, 0.1) is 0 Å². The lowest BCUT2D eigenvalue weighted by molar-refractivity contribution is 0.0798. The summed E-state index contributed by atoms with van der Waals surface area (Å²) >= 11 is 0. The van der Waals surface area contributed by atoms with Crippen LogP contribution in [0.2, 0.25) is 0 Å².